The van der Waals surface area contributed by atoms with Gasteiger partial charge in [-0.15, -0.1) is 0 Å². The van der Waals surface area contributed by atoms with E-state index in [-0.39, 0.29) is 11.2 Å². The van der Waals surface area contributed by atoms with Crippen molar-refractivity contribution in [3.8, 4) is 0 Å². The third kappa shape index (κ3) is 4.96. The van der Waals surface area contributed by atoms with Crippen LogP contribution in [0.1, 0.15) is 26.3 Å². The summed E-state index contributed by atoms with van der Waals surface area (Å²) in [5.74, 6) is -0.558. The van der Waals surface area contributed by atoms with Gasteiger partial charge in [0.15, 0.2) is 0 Å². The van der Waals surface area contributed by atoms with Crippen LogP contribution in [0.2, 0.25) is 5.02 Å². The Bertz CT molecular complexity index is 508. The standard InChI is InChI=1S/C13H17ClN2O3S/c1-8(2)16(19-18-10(4)17)13(20)15-12-7-11(14)6-5-9(12)3/h5-8H,1-4H3,(H,15,20). The summed E-state index contributed by atoms with van der Waals surface area (Å²) in [5, 5.41) is 5.17. The van der Waals surface area contributed by atoms with E-state index in [0.29, 0.717) is 5.02 Å². The molecule has 0 amide bonds. The van der Waals surface area contributed by atoms with Gasteiger partial charge in [0.05, 0.1) is 6.04 Å². The molecule has 1 rings (SSSR count). The highest BCUT2D eigenvalue weighted by molar-refractivity contribution is 7.80. The van der Waals surface area contributed by atoms with Crippen LogP contribution in [0.15, 0.2) is 18.2 Å². The highest BCUT2D eigenvalue weighted by Crippen LogP contribution is 2.21. The average Bonchev–Trinajstić information content (AvgIpc) is 2.33. The van der Waals surface area contributed by atoms with Crippen LogP contribution in [0, 0.1) is 6.92 Å². The first-order valence-corrected chi connectivity index (χ1v) is 6.81. The number of halogens is 1. The molecule has 0 unspecified atom stereocenters. The number of hydrogen-bond acceptors (Lipinski definition) is 4. The molecule has 0 saturated carbocycles. The van der Waals surface area contributed by atoms with Crippen molar-refractivity contribution in [1.82, 2.24) is 5.06 Å². The Hall–Kier alpha value is -1.37. The molecule has 5 nitrogen and oxygen atoms in total. The second kappa shape index (κ2) is 7.42. The summed E-state index contributed by atoms with van der Waals surface area (Å²) in [6, 6.07) is 5.31. The molecule has 0 aromatic heterocycles. The van der Waals surface area contributed by atoms with Crippen molar-refractivity contribution in [2.45, 2.75) is 33.7 Å². The molecule has 0 radical (unpaired) electrons. The molecular formula is C13H17ClN2O3S. The number of nitrogens with one attached hydrogen (secondary N) is 1. The van der Waals surface area contributed by atoms with Gasteiger partial charge in [0.2, 0.25) is 5.11 Å². The van der Waals surface area contributed by atoms with Gasteiger partial charge in [-0.05, 0) is 50.7 Å². The van der Waals surface area contributed by atoms with Crippen molar-refractivity contribution in [3.63, 3.8) is 0 Å². The van der Waals surface area contributed by atoms with Crippen molar-refractivity contribution in [3.05, 3.63) is 28.8 Å². The van der Waals surface area contributed by atoms with Crippen molar-refractivity contribution in [2.75, 3.05) is 5.32 Å². The van der Waals surface area contributed by atoms with Gasteiger partial charge in [-0.2, -0.15) is 5.06 Å². The molecule has 0 saturated heterocycles. The number of hydroxylamine groups is 2. The Kier molecular flexibility index (Phi) is 6.19. The van der Waals surface area contributed by atoms with E-state index in [4.69, 9.17) is 28.8 Å². The van der Waals surface area contributed by atoms with E-state index >= 15 is 0 Å². The molecule has 0 heterocycles. The van der Waals surface area contributed by atoms with E-state index in [1.165, 1.54) is 12.0 Å². The molecule has 20 heavy (non-hydrogen) atoms. The van der Waals surface area contributed by atoms with E-state index in [2.05, 4.69) is 10.2 Å². The number of carbonyl (C=O) groups excluding carboxylic acids is 1. The van der Waals surface area contributed by atoms with Crippen LogP contribution in [-0.2, 0) is 14.7 Å². The summed E-state index contributed by atoms with van der Waals surface area (Å²) in [6.45, 7) is 6.87. The van der Waals surface area contributed by atoms with Crippen molar-refractivity contribution >= 4 is 40.6 Å². The number of anilines is 1. The number of aryl methyl sites for hydroxylation is 1. The summed E-state index contributed by atoms with van der Waals surface area (Å²) in [5.41, 5.74) is 1.74. The smallest absolute Gasteiger partial charge is 0.330 e. The molecule has 1 N–H and O–H groups in total. The molecule has 0 spiro atoms. The zero-order valence-corrected chi connectivity index (χ0v) is 13.3. The fraction of sp³-hybridized carbons (Fsp3) is 0.385. The Morgan fingerprint density at radius 1 is 1.45 bits per heavy atom. The topological polar surface area (TPSA) is 50.8 Å². The third-order valence-corrected chi connectivity index (χ3v) is 2.86. The molecule has 0 aliphatic heterocycles. The number of thiocarbonyl (C=S) groups is 1. The van der Waals surface area contributed by atoms with Crippen molar-refractivity contribution in [2.24, 2.45) is 0 Å². The molecule has 0 fully saturated rings. The molecule has 0 atom stereocenters. The highest BCUT2D eigenvalue weighted by atomic mass is 35.5. The van der Waals surface area contributed by atoms with Crippen LogP contribution in [0.5, 0.6) is 0 Å². The Labute approximate surface area is 128 Å². The van der Waals surface area contributed by atoms with Crippen molar-refractivity contribution < 1.29 is 14.7 Å². The number of rotatable bonds is 4. The van der Waals surface area contributed by atoms with Gasteiger partial charge in [-0.3, -0.25) is 4.89 Å². The van der Waals surface area contributed by atoms with E-state index in [1.807, 2.05) is 26.8 Å². The minimum absolute atomic E-state index is 0.117. The maximum absolute atomic E-state index is 10.8. The number of benzene rings is 1. The largest absolute Gasteiger partial charge is 0.342 e. The minimum atomic E-state index is -0.558. The van der Waals surface area contributed by atoms with Gasteiger partial charge in [-0.1, -0.05) is 22.7 Å². The van der Waals surface area contributed by atoms with Gasteiger partial charge in [0, 0.05) is 17.6 Å². The van der Waals surface area contributed by atoms with Crippen LogP contribution in [0.25, 0.3) is 0 Å². The fourth-order valence-corrected chi connectivity index (χ4v) is 1.87. The van der Waals surface area contributed by atoms with Gasteiger partial charge >= 0.3 is 5.97 Å². The second-order valence-corrected chi connectivity index (χ2v) is 5.28. The van der Waals surface area contributed by atoms with E-state index in [1.54, 1.807) is 12.1 Å². The van der Waals surface area contributed by atoms with E-state index in [9.17, 15) is 4.79 Å². The van der Waals surface area contributed by atoms with Crippen LogP contribution < -0.4 is 5.32 Å². The molecule has 1 aromatic rings. The molecule has 0 bridgehead atoms. The SMILES string of the molecule is CC(=O)OON(C(=S)Nc1cc(Cl)ccc1C)C(C)C. The quantitative estimate of drug-likeness (QED) is 0.521. The average molecular weight is 317 g/mol. The zero-order chi connectivity index (χ0) is 15.3. The first kappa shape index (κ1) is 16.7. The molecule has 1 aromatic carbocycles. The second-order valence-electron chi connectivity index (χ2n) is 4.46. The zero-order valence-electron chi connectivity index (χ0n) is 11.8. The Morgan fingerprint density at radius 3 is 2.65 bits per heavy atom. The van der Waals surface area contributed by atoms with Crippen LogP contribution in [0.4, 0.5) is 5.69 Å². The highest BCUT2D eigenvalue weighted by Gasteiger charge is 2.17. The summed E-state index contributed by atoms with van der Waals surface area (Å²) in [6.07, 6.45) is 0. The lowest BCUT2D eigenvalue weighted by atomic mass is 10.2. The molecule has 7 heteroatoms. The maximum Gasteiger partial charge on any atom is 0.342 e. The molecule has 110 valence electrons. The molecule has 0 aliphatic rings. The summed E-state index contributed by atoms with van der Waals surface area (Å²) in [7, 11) is 0. The predicted molar refractivity (Wildman–Crippen MR) is 82.2 cm³/mol. The summed E-state index contributed by atoms with van der Waals surface area (Å²) < 4.78 is 0. The van der Waals surface area contributed by atoms with E-state index < -0.39 is 5.97 Å². The number of nitrogens with zero attached hydrogens (tertiary/aromatic N) is 1. The summed E-state index contributed by atoms with van der Waals surface area (Å²) >= 11 is 11.2. The maximum atomic E-state index is 10.8. The normalized spacial score (nSPS) is 10.3. The first-order chi connectivity index (χ1) is 9.31. The predicted octanol–water partition coefficient (Wildman–Crippen LogP) is 3.47. The minimum Gasteiger partial charge on any atom is -0.330 e. The Balaban J connectivity index is 2.80. The van der Waals surface area contributed by atoms with Gasteiger partial charge in [-0.25, -0.2) is 4.79 Å². The van der Waals surface area contributed by atoms with Crippen LogP contribution >= 0.6 is 23.8 Å². The van der Waals surface area contributed by atoms with E-state index in [0.717, 1.165) is 11.3 Å². The molecule has 0 aliphatic carbocycles. The van der Waals surface area contributed by atoms with Crippen LogP contribution in [-0.4, -0.2) is 22.2 Å². The summed E-state index contributed by atoms with van der Waals surface area (Å²) in [4.78, 5) is 20.2. The lowest BCUT2D eigenvalue weighted by molar-refractivity contribution is -0.377. The van der Waals surface area contributed by atoms with Gasteiger partial charge in [0.1, 0.15) is 0 Å². The lowest BCUT2D eigenvalue weighted by Gasteiger charge is -2.26. The van der Waals surface area contributed by atoms with Gasteiger partial charge < -0.3 is 5.32 Å². The number of carbonyl (C=O) groups is 1. The van der Waals surface area contributed by atoms with Gasteiger partial charge in [0.25, 0.3) is 0 Å². The first-order valence-electron chi connectivity index (χ1n) is 6.03. The number of hydrogen-bond donors (Lipinski definition) is 1. The van der Waals surface area contributed by atoms with Crippen LogP contribution in [0.3, 0.4) is 0 Å². The Morgan fingerprint density at radius 2 is 2.10 bits per heavy atom. The van der Waals surface area contributed by atoms with Crippen molar-refractivity contribution in [1.29, 1.82) is 0 Å². The fourth-order valence-electron chi connectivity index (χ4n) is 1.35. The third-order valence-electron chi connectivity index (χ3n) is 2.35. The molecular weight excluding hydrogens is 300 g/mol. The monoisotopic (exact) mass is 316 g/mol. The lowest BCUT2D eigenvalue weighted by Crippen LogP contribution is -2.40.